The molecule has 2 heteroatoms. The molecule has 0 amide bonds. The average Bonchev–Trinajstić information content (AvgIpc) is 2.83. The van der Waals surface area contributed by atoms with Crippen molar-refractivity contribution in [3.05, 3.63) is 35.9 Å². The molecule has 1 aliphatic rings. The van der Waals surface area contributed by atoms with Crippen molar-refractivity contribution < 1.29 is 5.11 Å². The summed E-state index contributed by atoms with van der Waals surface area (Å²) in [6.07, 6.45) is 12.5. The van der Waals surface area contributed by atoms with Crippen LogP contribution >= 0.6 is 0 Å². The SMILES string of the molecule is CCCCCCCCC[C@@H]1C[C@H](O)[C@@H](Cc2ccccc2)N1C. The molecule has 1 heterocycles. The van der Waals surface area contributed by atoms with Crippen molar-refractivity contribution in [1.29, 1.82) is 0 Å². The van der Waals surface area contributed by atoms with Gasteiger partial charge >= 0.3 is 0 Å². The van der Waals surface area contributed by atoms with Crippen LogP contribution < -0.4 is 0 Å². The van der Waals surface area contributed by atoms with Crippen molar-refractivity contribution in [3.63, 3.8) is 0 Å². The van der Waals surface area contributed by atoms with Crippen molar-refractivity contribution in [2.24, 2.45) is 0 Å². The molecule has 0 bridgehead atoms. The molecule has 1 N–H and O–H groups in total. The number of aliphatic hydroxyl groups is 1. The maximum absolute atomic E-state index is 10.4. The van der Waals surface area contributed by atoms with Crippen molar-refractivity contribution >= 4 is 0 Å². The van der Waals surface area contributed by atoms with Crippen LogP contribution in [0.2, 0.25) is 0 Å². The second-order valence-electron chi connectivity index (χ2n) is 7.29. The molecule has 1 aromatic carbocycles. The average molecular weight is 318 g/mol. The number of nitrogens with zero attached hydrogens (tertiary/aromatic N) is 1. The largest absolute Gasteiger partial charge is 0.391 e. The van der Waals surface area contributed by atoms with Gasteiger partial charge in [0.15, 0.2) is 0 Å². The molecule has 1 fully saturated rings. The Hall–Kier alpha value is -0.860. The van der Waals surface area contributed by atoms with E-state index in [4.69, 9.17) is 0 Å². The Balaban J connectivity index is 1.69. The van der Waals surface area contributed by atoms with Crippen LogP contribution in [0.15, 0.2) is 30.3 Å². The van der Waals surface area contributed by atoms with Gasteiger partial charge in [-0.15, -0.1) is 0 Å². The monoisotopic (exact) mass is 317 g/mol. The van der Waals surface area contributed by atoms with E-state index in [1.54, 1.807) is 0 Å². The van der Waals surface area contributed by atoms with E-state index in [9.17, 15) is 5.11 Å². The molecule has 0 aliphatic carbocycles. The fourth-order valence-electron chi connectivity index (χ4n) is 3.94. The summed E-state index contributed by atoms with van der Waals surface area (Å²) in [6, 6.07) is 11.4. The number of unbranched alkanes of at least 4 members (excludes halogenated alkanes) is 6. The molecule has 2 rings (SSSR count). The van der Waals surface area contributed by atoms with E-state index in [0.29, 0.717) is 6.04 Å². The minimum atomic E-state index is -0.172. The fourth-order valence-corrected chi connectivity index (χ4v) is 3.94. The predicted molar refractivity (Wildman–Crippen MR) is 98.7 cm³/mol. The summed E-state index contributed by atoms with van der Waals surface area (Å²) in [5, 5.41) is 10.4. The van der Waals surface area contributed by atoms with E-state index in [0.717, 1.165) is 12.8 Å². The minimum Gasteiger partial charge on any atom is -0.391 e. The minimum absolute atomic E-state index is 0.172. The standard InChI is InChI=1S/C21H35NO/c1-3-4-5-6-7-8-12-15-19-17-21(23)20(22(19)2)16-18-13-10-9-11-14-18/h9-11,13-14,19-21,23H,3-8,12,15-17H2,1-2H3/t19-,20-,21+/m1/s1. The first kappa shape index (κ1) is 18.5. The van der Waals surface area contributed by atoms with E-state index in [2.05, 4.69) is 49.2 Å². The third-order valence-electron chi connectivity index (χ3n) is 5.49. The molecule has 0 spiro atoms. The molecule has 3 atom stereocenters. The smallest absolute Gasteiger partial charge is 0.0713 e. The normalized spacial score (nSPS) is 25.1. The lowest BCUT2D eigenvalue weighted by Crippen LogP contribution is -2.37. The van der Waals surface area contributed by atoms with Gasteiger partial charge in [-0.25, -0.2) is 0 Å². The zero-order valence-electron chi connectivity index (χ0n) is 15.1. The van der Waals surface area contributed by atoms with Gasteiger partial charge in [0.05, 0.1) is 6.10 Å². The maximum Gasteiger partial charge on any atom is 0.0713 e. The molecule has 0 saturated carbocycles. The summed E-state index contributed by atoms with van der Waals surface area (Å²) in [6.45, 7) is 2.27. The lowest BCUT2D eigenvalue weighted by atomic mass is 10.0. The van der Waals surface area contributed by atoms with Crippen LogP contribution in [0, 0.1) is 0 Å². The number of hydrogen-bond donors (Lipinski definition) is 1. The molecule has 1 saturated heterocycles. The third kappa shape index (κ3) is 5.93. The van der Waals surface area contributed by atoms with Gasteiger partial charge < -0.3 is 5.11 Å². The van der Waals surface area contributed by atoms with Crippen LogP contribution in [0.5, 0.6) is 0 Å². The van der Waals surface area contributed by atoms with Gasteiger partial charge in [0.25, 0.3) is 0 Å². The lowest BCUT2D eigenvalue weighted by Gasteiger charge is -2.26. The summed E-state index contributed by atoms with van der Waals surface area (Å²) < 4.78 is 0. The van der Waals surface area contributed by atoms with Crippen molar-refractivity contribution in [2.45, 2.75) is 89.3 Å². The number of rotatable bonds is 10. The zero-order chi connectivity index (χ0) is 16.5. The maximum atomic E-state index is 10.4. The summed E-state index contributed by atoms with van der Waals surface area (Å²) in [5.41, 5.74) is 1.33. The van der Waals surface area contributed by atoms with Gasteiger partial charge in [-0.2, -0.15) is 0 Å². The van der Waals surface area contributed by atoms with E-state index in [-0.39, 0.29) is 12.1 Å². The van der Waals surface area contributed by atoms with E-state index in [1.807, 2.05) is 0 Å². The first-order valence-corrected chi connectivity index (χ1v) is 9.66. The number of aliphatic hydroxyl groups excluding tert-OH is 1. The van der Waals surface area contributed by atoms with Gasteiger partial charge in [0.1, 0.15) is 0 Å². The predicted octanol–water partition coefficient (Wildman–Crippen LogP) is 4.80. The van der Waals surface area contributed by atoms with Gasteiger partial charge in [-0.05, 0) is 31.9 Å². The Morgan fingerprint density at radius 2 is 1.65 bits per heavy atom. The summed E-state index contributed by atoms with van der Waals surface area (Å²) >= 11 is 0. The van der Waals surface area contributed by atoms with Crippen LogP contribution in [0.25, 0.3) is 0 Å². The van der Waals surface area contributed by atoms with Crippen molar-refractivity contribution in [2.75, 3.05) is 7.05 Å². The highest BCUT2D eigenvalue weighted by molar-refractivity contribution is 5.17. The van der Waals surface area contributed by atoms with Gasteiger partial charge in [0.2, 0.25) is 0 Å². The number of benzene rings is 1. The molecule has 1 aromatic rings. The first-order chi connectivity index (χ1) is 11.2. The van der Waals surface area contributed by atoms with Crippen molar-refractivity contribution in [1.82, 2.24) is 4.90 Å². The first-order valence-electron chi connectivity index (χ1n) is 9.66. The van der Waals surface area contributed by atoms with Crippen LogP contribution in [0.3, 0.4) is 0 Å². The van der Waals surface area contributed by atoms with Crippen molar-refractivity contribution in [3.8, 4) is 0 Å². The molecule has 0 radical (unpaired) electrons. The molecule has 23 heavy (non-hydrogen) atoms. The molecule has 1 aliphatic heterocycles. The van der Waals surface area contributed by atoms with Gasteiger partial charge in [-0.1, -0.05) is 82.2 Å². The van der Waals surface area contributed by atoms with E-state index in [1.165, 1.54) is 56.9 Å². The number of hydrogen-bond acceptors (Lipinski definition) is 2. The topological polar surface area (TPSA) is 23.5 Å². The Kier molecular flexibility index (Phi) is 8.11. The molecule has 0 aromatic heterocycles. The van der Waals surface area contributed by atoms with Crippen LogP contribution in [0.4, 0.5) is 0 Å². The Morgan fingerprint density at radius 1 is 1.00 bits per heavy atom. The molecular formula is C21H35NO. The molecule has 0 unspecified atom stereocenters. The quantitative estimate of drug-likeness (QED) is 0.626. The molecule has 130 valence electrons. The Bertz CT molecular complexity index is 419. The third-order valence-corrected chi connectivity index (χ3v) is 5.49. The Labute approximate surface area is 142 Å². The zero-order valence-corrected chi connectivity index (χ0v) is 15.1. The summed E-state index contributed by atoms with van der Waals surface area (Å²) in [4.78, 5) is 2.44. The van der Waals surface area contributed by atoms with Crippen LogP contribution in [-0.4, -0.2) is 35.2 Å². The molecule has 2 nitrogen and oxygen atoms in total. The van der Waals surface area contributed by atoms with Crippen LogP contribution in [-0.2, 0) is 6.42 Å². The summed E-state index contributed by atoms with van der Waals surface area (Å²) in [5.74, 6) is 0. The molecular weight excluding hydrogens is 282 g/mol. The van der Waals surface area contributed by atoms with Gasteiger partial charge in [-0.3, -0.25) is 4.90 Å². The highest BCUT2D eigenvalue weighted by Gasteiger charge is 2.37. The lowest BCUT2D eigenvalue weighted by molar-refractivity contribution is 0.123. The van der Waals surface area contributed by atoms with E-state index < -0.39 is 0 Å². The summed E-state index contributed by atoms with van der Waals surface area (Å²) in [7, 11) is 2.20. The highest BCUT2D eigenvalue weighted by atomic mass is 16.3. The second-order valence-corrected chi connectivity index (χ2v) is 7.29. The highest BCUT2D eigenvalue weighted by Crippen LogP contribution is 2.29. The van der Waals surface area contributed by atoms with Gasteiger partial charge in [0, 0.05) is 12.1 Å². The van der Waals surface area contributed by atoms with Crippen LogP contribution in [0.1, 0.15) is 70.3 Å². The number of likely N-dealkylation sites (tertiary alicyclic amines) is 1. The number of likely N-dealkylation sites (N-methyl/N-ethyl adjacent to an activating group) is 1. The Morgan fingerprint density at radius 3 is 2.35 bits per heavy atom. The fraction of sp³-hybridized carbons (Fsp3) is 0.714. The second kappa shape index (κ2) is 10.1. The van der Waals surface area contributed by atoms with E-state index >= 15 is 0 Å².